The number of nitrogens with one attached hydrogen (secondary N) is 2. The first-order chi connectivity index (χ1) is 14.0. The number of amides is 1. The molecule has 1 rings (SSSR count). The molecule has 1 aromatic carbocycles. The molecule has 0 aromatic heterocycles. The fourth-order valence-electron chi connectivity index (χ4n) is 2.80. The fraction of sp³-hybridized carbons (Fsp3) is 0.600. The van der Waals surface area contributed by atoms with Gasteiger partial charge in [0.1, 0.15) is 5.60 Å². The Morgan fingerprint density at radius 3 is 2.33 bits per heavy atom. The quantitative estimate of drug-likeness (QED) is 0.267. The van der Waals surface area contributed by atoms with Crippen molar-refractivity contribution in [3.8, 4) is 0 Å². The van der Waals surface area contributed by atoms with Crippen LogP contribution in [-0.2, 0) is 14.3 Å². The minimum atomic E-state index is -0.974. The lowest BCUT2D eigenvalue weighted by Crippen LogP contribution is -2.48. The maximum Gasteiger partial charge on any atom is 0.374 e. The van der Waals surface area contributed by atoms with E-state index < -0.39 is 30.6 Å². The Kier molecular flexibility index (Phi) is 11.0. The SMILES string of the molecule is CB(O)N[C@H](CC(=O)OC(C)(C)C)C(=O)Nc1cc(N(CCCl)CCCl)ccc1C. The fourth-order valence-corrected chi connectivity index (χ4v) is 3.21. The van der Waals surface area contributed by atoms with E-state index in [4.69, 9.17) is 27.9 Å². The van der Waals surface area contributed by atoms with Crippen molar-refractivity contribution in [3.05, 3.63) is 23.8 Å². The van der Waals surface area contributed by atoms with Gasteiger partial charge in [0.2, 0.25) is 5.91 Å². The van der Waals surface area contributed by atoms with E-state index in [0.29, 0.717) is 30.5 Å². The topological polar surface area (TPSA) is 90.9 Å². The summed E-state index contributed by atoms with van der Waals surface area (Å²) in [7, 11) is -0.974. The van der Waals surface area contributed by atoms with Gasteiger partial charge >= 0.3 is 13.0 Å². The second-order valence-corrected chi connectivity index (χ2v) is 8.80. The number of anilines is 2. The summed E-state index contributed by atoms with van der Waals surface area (Å²) in [6, 6.07) is 4.73. The molecule has 1 amide bonds. The van der Waals surface area contributed by atoms with Gasteiger partial charge in [0.05, 0.1) is 12.5 Å². The Balaban J connectivity index is 3.01. The highest BCUT2D eigenvalue weighted by molar-refractivity contribution is 6.46. The zero-order chi connectivity index (χ0) is 22.9. The van der Waals surface area contributed by atoms with E-state index in [9.17, 15) is 14.6 Å². The first-order valence-electron chi connectivity index (χ1n) is 9.91. The van der Waals surface area contributed by atoms with E-state index in [2.05, 4.69) is 10.5 Å². The molecule has 0 radical (unpaired) electrons. The minimum absolute atomic E-state index is 0.211. The molecule has 7 nitrogen and oxygen atoms in total. The zero-order valence-electron chi connectivity index (χ0n) is 18.3. The summed E-state index contributed by atoms with van der Waals surface area (Å²) in [6.45, 7) is 9.86. The highest BCUT2D eigenvalue weighted by Gasteiger charge is 2.27. The molecule has 1 atom stereocenters. The molecule has 0 bridgehead atoms. The van der Waals surface area contributed by atoms with Crippen LogP contribution in [0.3, 0.4) is 0 Å². The van der Waals surface area contributed by atoms with Crippen molar-refractivity contribution < 1.29 is 19.3 Å². The summed E-state index contributed by atoms with van der Waals surface area (Å²) in [6.07, 6.45) is -0.211. The number of halogens is 2. The number of hydrogen-bond acceptors (Lipinski definition) is 6. The number of benzene rings is 1. The first kappa shape index (κ1) is 26.6. The Morgan fingerprint density at radius 2 is 1.83 bits per heavy atom. The summed E-state index contributed by atoms with van der Waals surface area (Å²) in [4.78, 5) is 27.1. The van der Waals surface area contributed by atoms with E-state index in [0.717, 1.165) is 11.3 Å². The number of hydrogen-bond donors (Lipinski definition) is 3. The Hall–Kier alpha value is -1.48. The summed E-state index contributed by atoms with van der Waals surface area (Å²) >= 11 is 11.8. The van der Waals surface area contributed by atoms with Crippen molar-refractivity contribution in [1.82, 2.24) is 5.23 Å². The van der Waals surface area contributed by atoms with Gasteiger partial charge in [-0.2, -0.15) is 0 Å². The molecule has 0 saturated heterocycles. The van der Waals surface area contributed by atoms with Gasteiger partial charge in [-0.15, -0.1) is 23.2 Å². The standard InChI is InChI=1S/C20H32BCl2N3O4/c1-14-6-7-15(26(10-8-22)11-9-23)12-16(14)24-19(28)17(25-21(5)29)13-18(27)30-20(2,3)4/h6-7,12,17,25,29H,8-11,13H2,1-5H3,(H,24,28)/t17-/m1/s1. The average Bonchev–Trinajstić information content (AvgIpc) is 2.61. The van der Waals surface area contributed by atoms with Crippen molar-refractivity contribution >= 4 is 53.5 Å². The number of ether oxygens (including phenoxy) is 1. The van der Waals surface area contributed by atoms with Crippen LogP contribution in [0, 0.1) is 6.92 Å². The molecule has 30 heavy (non-hydrogen) atoms. The van der Waals surface area contributed by atoms with Crippen LogP contribution in [0.25, 0.3) is 0 Å². The van der Waals surface area contributed by atoms with Crippen molar-refractivity contribution in [2.45, 2.75) is 52.6 Å². The molecular formula is C20H32BCl2N3O4. The molecule has 0 fully saturated rings. The predicted octanol–water partition coefficient (Wildman–Crippen LogP) is 3.02. The first-order valence-corrected chi connectivity index (χ1v) is 11.0. The van der Waals surface area contributed by atoms with Crippen LogP contribution in [0.15, 0.2) is 18.2 Å². The van der Waals surface area contributed by atoms with Gasteiger partial charge in [0.15, 0.2) is 0 Å². The molecule has 10 heteroatoms. The van der Waals surface area contributed by atoms with E-state index in [-0.39, 0.29) is 6.42 Å². The van der Waals surface area contributed by atoms with Gasteiger partial charge < -0.3 is 25.2 Å². The van der Waals surface area contributed by atoms with Crippen molar-refractivity contribution in [1.29, 1.82) is 0 Å². The Morgan fingerprint density at radius 1 is 1.23 bits per heavy atom. The summed E-state index contributed by atoms with van der Waals surface area (Å²) < 4.78 is 5.31. The van der Waals surface area contributed by atoms with Crippen LogP contribution >= 0.6 is 23.2 Å². The molecule has 0 heterocycles. The lowest BCUT2D eigenvalue weighted by atomic mass is 9.86. The maximum atomic E-state index is 12.9. The second-order valence-electron chi connectivity index (χ2n) is 8.04. The molecule has 168 valence electrons. The minimum Gasteiger partial charge on any atom is -0.460 e. The summed E-state index contributed by atoms with van der Waals surface area (Å²) in [5, 5.41) is 15.3. The third-order valence-corrected chi connectivity index (χ3v) is 4.44. The van der Waals surface area contributed by atoms with Crippen LogP contribution in [0.4, 0.5) is 11.4 Å². The third-order valence-electron chi connectivity index (χ3n) is 4.10. The maximum absolute atomic E-state index is 12.9. The monoisotopic (exact) mass is 459 g/mol. The van der Waals surface area contributed by atoms with Gasteiger partial charge in [0.25, 0.3) is 0 Å². The molecule has 3 N–H and O–H groups in total. The van der Waals surface area contributed by atoms with Crippen LogP contribution in [0.1, 0.15) is 32.8 Å². The van der Waals surface area contributed by atoms with Gasteiger partial charge in [0, 0.05) is 36.2 Å². The van der Waals surface area contributed by atoms with Gasteiger partial charge in [-0.1, -0.05) is 6.07 Å². The molecule has 1 aromatic rings. The van der Waals surface area contributed by atoms with E-state index in [1.165, 1.54) is 6.82 Å². The predicted molar refractivity (Wildman–Crippen MR) is 125 cm³/mol. The number of nitrogens with zero attached hydrogens (tertiary/aromatic N) is 1. The van der Waals surface area contributed by atoms with E-state index in [1.54, 1.807) is 20.8 Å². The molecule has 0 aliphatic heterocycles. The second kappa shape index (κ2) is 12.4. The lowest BCUT2D eigenvalue weighted by Gasteiger charge is -2.25. The average molecular weight is 460 g/mol. The number of carbonyl (C=O) groups is 2. The van der Waals surface area contributed by atoms with Gasteiger partial charge in [-0.25, -0.2) is 0 Å². The largest absolute Gasteiger partial charge is 0.460 e. The molecular weight excluding hydrogens is 428 g/mol. The molecule has 0 saturated carbocycles. The Labute approximate surface area is 189 Å². The van der Waals surface area contributed by atoms with Crippen LogP contribution < -0.4 is 15.4 Å². The smallest absolute Gasteiger partial charge is 0.374 e. The number of esters is 1. The number of carbonyl (C=O) groups excluding carboxylic acids is 2. The van der Waals surface area contributed by atoms with E-state index >= 15 is 0 Å². The van der Waals surface area contributed by atoms with Crippen molar-refractivity contribution in [2.75, 3.05) is 35.1 Å². The number of alkyl halides is 2. The number of aryl methyl sites for hydroxylation is 1. The van der Waals surface area contributed by atoms with Crippen LogP contribution in [0.2, 0.25) is 6.82 Å². The highest BCUT2D eigenvalue weighted by Crippen LogP contribution is 2.24. The third kappa shape index (κ3) is 9.56. The highest BCUT2D eigenvalue weighted by atomic mass is 35.5. The van der Waals surface area contributed by atoms with E-state index in [1.807, 2.05) is 30.0 Å². The van der Waals surface area contributed by atoms with Gasteiger partial charge in [-0.05, 0) is 52.2 Å². The normalized spacial score (nSPS) is 12.3. The van der Waals surface area contributed by atoms with Crippen LogP contribution in [0.5, 0.6) is 0 Å². The van der Waals surface area contributed by atoms with Gasteiger partial charge in [-0.3, -0.25) is 9.59 Å². The molecule has 0 spiro atoms. The number of rotatable bonds is 11. The molecule has 0 unspecified atom stereocenters. The Bertz CT molecular complexity index is 708. The van der Waals surface area contributed by atoms with Crippen molar-refractivity contribution in [3.63, 3.8) is 0 Å². The molecule has 0 aliphatic carbocycles. The summed E-state index contributed by atoms with van der Waals surface area (Å²) in [5.74, 6) is -0.0780. The van der Waals surface area contributed by atoms with Crippen LogP contribution in [-0.4, -0.2) is 60.4 Å². The molecule has 0 aliphatic rings. The lowest BCUT2D eigenvalue weighted by molar-refractivity contribution is -0.156. The summed E-state index contributed by atoms with van der Waals surface area (Å²) in [5.41, 5.74) is 1.68. The van der Waals surface area contributed by atoms with Crippen molar-refractivity contribution in [2.24, 2.45) is 0 Å². The zero-order valence-corrected chi connectivity index (χ0v) is 19.8.